The largest absolute Gasteiger partial charge is 0.480 e. The summed E-state index contributed by atoms with van der Waals surface area (Å²) in [5.41, 5.74) is -0.451. The van der Waals surface area contributed by atoms with Crippen LogP contribution in [0.15, 0.2) is 33.9 Å². The number of rotatable bonds is 7. The fraction of sp³-hybridized carbons (Fsp3) is 0.300. The number of carbonyl (C=O) groups excluding carboxylic acids is 1. The quantitative estimate of drug-likeness (QED) is 0.571. The van der Waals surface area contributed by atoms with E-state index in [2.05, 4.69) is 0 Å². The Hall–Kier alpha value is -3.27. The maximum Gasteiger partial charge on any atom is 0.348 e. The van der Waals surface area contributed by atoms with Crippen LogP contribution in [0.1, 0.15) is 27.7 Å². The van der Waals surface area contributed by atoms with Crippen LogP contribution in [0.3, 0.4) is 0 Å². The van der Waals surface area contributed by atoms with Gasteiger partial charge in [0.15, 0.2) is 0 Å². The molecule has 158 valence electrons. The van der Waals surface area contributed by atoms with Crippen LogP contribution >= 0.6 is 11.3 Å². The highest BCUT2D eigenvalue weighted by Gasteiger charge is 2.24. The van der Waals surface area contributed by atoms with Gasteiger partial charge in [0.1, 0.15) is 22.1 Å². The summed E-state index contributed by atoms with van der Waals surface area (Å²) < 4.78 is 20.1. The van der Waals surface area contributed by atoms with Crippen molar-refractivity contribution in [1.29, 1.82) is 0 Å². The van der Waals surface area contributed by atoms with E-state index in [-0.39, 0.29) is 34.1 Å². The van der Waals surface area contributed by atoms with E-state index in [9.17, 15) is 23.6 Å². The van der Waals surface area contributed by atoms with Gasteiger partial charge in [-0.2, -0.15) is 0 Å². The summed E-state index contributed by atoms with van der Waals surface area (Å²) in [5.74, 6) is -2.34. The second kappa shape index (κ2) is 8.62. The molecule has 0 saturated carbocycles. The molecule has 0 aliphatic carbocycles. The number of aliphatic carboxylic acids is 1. The Kier molecular flexibility index (Phi) is 6.16. The topological polar surface area (TPSA) is 108 Å². The average Bonchev–Trinajstić information content (AvgIpc) is 3.04. The monoisotopic (exact) mass is 434 g/mol. The molecule has 0 unspecified atom stereocenters. The number of thiophene rings is 1. The molecule has 0 amide bonds. The zero-order valence-corrected chi connectivity index (χ0v) is 17.1. The molecule has 0 aliphatic heterocycles. The lowest BCUT2D eigenvalue weighted by atomic mass is 10.1. The van der Waals surface area contributed by atoms with Gasteiger partial charge < -0.3 is 9.84 Å². The van der Waals surface area contributed by atoms with Gasteiger partial charge >= 0.3 is 17.6 Å². The molecule has 1 aromatic carbocycles. The van der Waals surface area contributed by atoms with Gasteiger partial charge in [-0.3, -0.25) is 14.2 Å². The van der Waals surface area contributed by atoms with E-state index in [4.69, 9.17) is 9.84 Å². The minimum atomic E-state index is -1.34. The first-order valence-electron chi connectivity index (χ1n) is 9.14. The number of fused-ring (bicyclic) bond motifs is 1. The molecule has 3 rings (SSSR count). The molecule has 0 spiro atoms. The summed E-state index contributed by atoms with van der Waals surface area (Å²) >= 11 is 0.960. The lowest BCUT2D eigenvalue weighted by molar-refractivity contribution is -0.137. The number of hydrogen-bond acceptors (Lipinski definition) is 6. The summed E-state index contributed by atoms with van der Waals surface area (Å²) in [7, 11) is 0. The van der Waals surface area contributed by atoms with Crippen molar-refractivity contribution < 1.29 is 23.8 Å². The molecule has 0 aliphatic rings. The molecule has 30 heavy (non-hydrogen) atoms. The maximum absolute atomic E-state index is 13.1. The van der Waals surface area contributed by atoms with Gasteiger partial charge in [0.2, 0.25) is 0 Å². The van der Waals surface area contributed by atoms with Crippen LogP contribution in [0.5, 0.6) is 0 Å². The number of halogens is 1. The van der Waals surface area contributed by atoms with Crippen molar-refractivity contribution in [2.45, 2.75) is 33.4 Å². The van der Waals surface area contributed by atoms with Gasteiger partial charge in [-0.1, -0.05) is 12.1 Å². The number of carboxylic acid groups (broad SMARTS) is 1. The lowest BCUT2D eigenvalue weighted by Gasteiger charge is -2.11. The first-order chi connectivity index (χ1) is 14.2. The third-order valence-electron chi connectivity index (χ3n) is 4.59. The number of ether oxygens (including phenoxy) is 1. The SMILES string of the molecule is CCOC(=O)c1sc2c(c1C)c(=O)n(CC(=O)O)c(=O)n2CCc1ccc(F)cc1. The number of hydrogen-bond donors (Lipinski definition) is 1. The molecule has 3 aromatic rings. The van der Waals surface area contributed by atoms with Crippen molar-refractivity contribution in [2.24, 2.45) is 0 Å². The van der Waals surface area contributed by atoms with Gasteiger partial charge in [-0.15, -0.1) is 11.3 Å². The zero-order valence-electron chi connectivity index (χ0n) is 16.3. The Morgan fingerprint density at radius 3 is 2.43 bits per heavy atom. The molecule has 0 radical (unpaired) electrons. The van der Waals surface area contributed by atoms with E-state index in [1.807, 2.05) is 0 Å². The van der Waals surface area contributed by atoms with E-state index < -0.39 is 29.7 Å². The first kappa shape index (κ1) is 21.4. The van der Waals surface area contributed by atoms with Crippen LogP contribution in [-0.2, 0) is 29.0 Å². The van der Waals surface area contributed by atoms with Crippen molar-refractivity contribution in [1.82, 2.24) is 9.13 Å². The molecule has 10 heteroatoms. The third-order valence-corrected chi connectivity index (χ3v) is 5.88. The van der Waals surface area contributed by atoms with Gasteiger partial charge in [0.05, 0.1) is 12.0 Å². The number of carbonyl (C=O) groups is 2. The lowest BCUT2D eigenvalue weighted by Crippen LogP contribution is -2.41. The third kappa shape index (κ3) is 4.04. The molecule has 0 saturated heterocycles. The van der Waals surface area contributed by atoms with Crippen LogP contribution in [0.2, 0.25) is 0 Å². The summed E-state index contributed by atoms with van der Waals surface area (Å²) in [4.78, 5) is 49.7. The van der Waals surface area contributed by atoms with Crippen molar-refractivity contribution >= 4 is 33.5 Å². The Balaban J connectivity index is 2.19. The molecular formula is C20H19FN2O6S. The minimum Gasteiger partial charge on any atom is -0.480 e. The van der Waals surface area contributed by atoms with E-state index >= 15 is 0 Å². The highest BCUT2D eigenvalue weighted by atomic mass is 32.1. The van der Waals surface area contributed by atoms with Crippen molar-refractivity contribution in [3.8, 4) is 0 Å². The van der Waals surface area contributed by atoms with Crippen LogP contribution in [0.25, 0.3) is 10.2 Å². The molecule has 8 nitrogen and oxygen atoms in total. The fourth-order valence-corrected chi connectivity index (χ4v) is 4.36. The van der Waals surface area contributed by atoms with E-state index in [1.54, 1.807) is 26.0 Å². The maximum atomic E-state index is 13.1. The van der Waals surface area contributed by atoms with Crippen molar-refractivity contribution in [3.05, 3.63) is 66.9 Å². The fourth-order valence-electron chi connectivity index (χ4n) is 3.15. The molecule has 1 N–H and O–H groups in total. The standard InChI is InChI=1S/C20H19FN2O6S/c1-3-29-19(27)16-11(2)15-17(26)23(10-14(24)25)20(28)22(18(15)30-16)9-8-12-4-6-13(21)7-5-12/h4-7H,3,8-10H2,1-2H3,(H,24,25). The Morgan fingerprint density at radius 1 is 1.17 bits per heavy atom. The van der Waals surface area contributed by atoms with Gasteiger partial charge in [-0.05, 0) is 43.5 Å². The van der Waals surface area contributed by atoms with Crippen LogP contribution < -0.4 is 11.2 Å². The summed E-state index contributed by atoms with van der Waals surface area (Å²) in [6.45, 7) is 2.68. The zero-order chi connectivity index (χ0) is 22.0. The molecule has 2 heterocycles. The molecule has 2 aromatic heterocycles. The Bertz CT molecular complexity index is 1240. The second-order valence-electron chi connectivity index (χ2n) is 6.55. The summed E-state index contributed by atoms with van der Waals surface area (Å²) in [6.07, 6.45) is 0.340. The van der Waals surface area contributed by atoms with Crippen molar-refractivity contribution in [2.75, 3.05) is 6.61 Å². The van der Waals surface area contributed by atoms with Gasteiger partial charge in [-0.25, -0.2) is 18.5 Å². The smallest absolute Gasteiger partial charge is 0.348 e. The van der Waals surface area contributed by atoms with Crippen LogP contribution in [0, 0.1) is 12.7 Å². The molecule has 0 fully saturated rings. The number of benzene rings is 1. The van der Waals surface area contributed by atoms with Crippen LogP contribution in [0.4, 0.5) is 4.39 Å². The van der Waals surface area contributed by atoms with E-state index in [0.717, 1.165) is 16.9 Å². The van der Waals surface area contributed by atoms with E-state index in [0.29, 0.717) is 16.6 Å². The second-order valence-corrected chi connectivity index (χ2v) is 7.55. The number of aryl methyl sites for hydroxylation is 3. The number of aromatic nitrogens is 2. The van der Waals surface area contributed by atoms with Gasteiger partial charge in [0.25, 0.3) is 5.56 Å². The first-order valence-corrected chi connectivity index (χ1v) is 9.96. The average molecular weight is 434 g/mol. The van der Waals surface area contributed by atoms with Crippen LogP contribution in [-0.4, -0.2) is 32.8 Å². The van der Waals surface area contributed by atoms with Gasteiger partial charge in [0, 0.05) is 6.54 Å². The Labute approximate surface area is 173 Å². The predicted octanol–water partition coefficient (Wildman–Crippen LogP) is 2.18. The summed E-state index contributed by atoms with van der Waals surface area (Å²) in [6, 6.07) is 5.75. The number of carboxylic acids is 1. The van der Waals surface area contributed by atoms with Crippen molar-refractivity contribution in [3.63, 3.8) is 0 Å². The minimum absolute atomic E-state index is 0.114. The highest BCUT2D eigenvalue weighted by Crippen LogP contribution is 2.28. The predicted molar refractivity (Wildman–Crippen MR) is 109 cm³/mol. The highest BCUT2D eigenvalue weighted by molar-refractivity contribution is 7.20. The normalized spacial score (nSPS) is 11.0. The van der Waals surface area contributed by atoms with E-state index in [1.165, 1.54) is 16.7 Å². The summed E-state index contributed by atoms with van der Waals surface area (Å²) in [5, 5.41) is 9.24. The number of nitrogens with zero attached hydrogens (tertiary/aromatic N) is 2. The molecule has 0 atom stereocenters. The molecule has 0 bridgehead atoms. The number of esters is 1. The molecular weight excluding hydrogens is 415 g/mol. The Morgan fingerprint density at radius 2 is 1.83 bits per heavy atom.